The molecule has 0 aliphatic heterocycles. The topological polar surface area (TPSA) is 574 Å². The van der Waals surface area contributed by atoms with Crippen LogP contribution in [0.25, 0.3) is 0 Å². The zero-order chi connectivity index (χ0) is 80.2. The summed E-state index contributed by atoms with van der Waals surface area (Å²) >= 11 is 1.33. The molecule has 106 heavy (non-hydrogen) atoms. The van der Waals surface area contributed by atoms with Gasteiger partial charge in [0, 0.05) is 19.4 Å². The fourth-order valence-corrected chi connectivity index (χ4v) is 11.3. The van der Waals surface area contributed by atoms with E-state index < -0.39 is 179 Å². The lowest BCUT2D eigenvalue weighted by Gasteiger charge is -2.31. The second-order valence-electron chi connectivity index (χ2n) is 27.6. The number of nitrogens with two attached hydrogens (primary N) is 5. The molecule has 0 aliphatic carbocycles. The largest absolute Gasteiger partial charge is 0.508 e. The van der Waals surface area contributed by atoms with Crippen LogP contribution >= 0.6 is 11.8 Å². The number of phenols is 2. The molecule has 0 fully saturated rings. The number of guanidine groups is 1. The lowest BCUT2D eigenvalue weighted by atomic mass is 9.95. The van der Waals surface area contributed by atoms with Crippen molar-refractivity contribution in [2.24, 2.45) is 63.3 Å². The maximum Gasteiger partial charge on any atom is 0.326 e. The summed E-state index contributed by atoms with van der Waals surface area (Å²) in [6.07, 6.45) is 1.13. The number of thioether (sulfide) groups is 1. The van der Waals surface area contributed by atoms with E-state index in [0.29, 0.717) is 24.0 Å². The molecule has 0 saturated carbocycles. The molecule has 35 heteroatoms. The van der Waals surface area contributed by atoms with Gasteiger partial charge >= 0.3 is 5.97 Å². The van der Waals surface area contributed by atoms with E-state index in [1.807, 2.05) is 0 Å². The second-order valence-corrected chi connectivity index (χ2v) is 28.6. The molecule has 2 aromatic carbocycles. The van der Waals surface area contributed by atoms with Gasteiger partial charge in [-0.1, -0.05) is 113 Å². The first-order valence-electron chi connectivity index (χ1n) is 35.7. The fourth-order valence-electron chi connectivity index (χ4n) is 10.8. The molecule has 0 saturated heterocycles. The maximum absolute atomic E-state index is 14.8. The number of carbonyl (C=O) groups excluding carboxylic acids is 13. The Morgan fingerprint density at radius 3 is 1.24 bits per heavy atom. The fraction of sp³-hybridized carbons (Fsp3) is 0.620. The van der Waals surface area contributed by atoms with Crippen LogP contribution in [0.1, 0.15) is 158 Å². The molecule has 2 aromatic rings. The van der Waals surface area contributed by atoms with Crippen LogP contribution < -0.4 is 87.2 Å². The van der Waals surface area contributed by atoms with Crippen LogP contribution in [-0.2, 0) is 80.0 Å². The van der Waals surface area contributed by atoms with Crippen molar-refractivity contribution >= 4 is 100 Å². The third-order valence-corrected chi connectivity index (χ3v) is 18.3. The quantitative estimate of drug-likeness (QED) is 0.0211. The van der Waals surface area contributed by atoms with E-state index in [0.717, 1.165) is 0 Å². The van der Waals surface area contributed by atoms with Crippen LogP contribution in [0.5, 0.6) is 11.5 Å². The summed E-state index contributed by atoms with van der Waals surface area (Å²) in [5.41, 5.74) is 29.3. The summed E-state index contributed by atoms with van der Waals surface area (Å²) in [6.45, 7) is 18.5. The summed E-state index contributed by atoms with van der Waals surface area (Å²) in [4.78, 5) is 197. The molecule has 0 bridgehead atoms. The van der Waals surface area contributed by atoms with E-state index in [2.05, 4.69) is 63.5 Å². The lowest BCUT2D eigenvalue weighted by molar-refractivity contribution is -0.144. The molecular formula is C71H115N17O17S. The standard InChI is InChI=1S/C71H115N17O17S/c1-13-38(8)56(87-66(100)51(32-37(6)7)84-65(99)50(31-36(4)5)83-62(96)48(26-27-54(73)91)79-60(94)46(72)33-42-18-22-44(89)23-19-42)68(102)81-47(17-16-29-77-71(75)76)61(95)80-49(28-30-106-12)63(97)86-57(39(9)14-2)69(103)85-52(34-43-20-24-45(90)25-21-43)64(98)78-41(11)59(93)82-53(35-55(74)92)67(101)88-58(70(104)105)40(10)15-3/h18-25,36-41,46-53,56-58,89-90H,13-17,26-35,72H2,1-12H3,(H2,73,91)(H2,74,92)(H,78,98)(H,79,94)(H,80,95)(H,81,102)(H,82,93)(H,83,96)(H,84,99)(H,85,103)(H,86,97)(H,87,100)(H,88,101)(H,104,105)(H4,75,76,77)/t38-,39-,40-,41-,46-,47-,48-,49-,50-,51-,52-,53-,56-,57-,58-/m0/s1. The maximum atomic E-state index is 14.8. The number of aliphatic imine (C=N–C) groups is 1. The smallest absolute Gasteiger partial charge is 0.326 e. The van der Waals surface area contributed by atoms with Crippen LogP contribution in [-0.4, -0.2) is 195 Å². The van der Waals surface area contributed by atoms with Crippen LogP contribution in [0.3, 0.4) is 0 Å². The molecule has 0 radical (unpaired) electrons. The Balaban J connectivity index is 2.55. The second kappa shape index (κ2) is 46.9. The van der Waals surface area contributed by atoms with Gasteiger partial charge in [-0.3, -0.25) is 67.3 Å². The first-order valence-corrected chi connectivity index (χ1v) is 37.1. The SMILES string of the molecule is CC[C@H](C)[C@H](NC(=O)[C@H](CC(N)=O)NC(=O)[C@H](C)NC(=O)[C@H](Cc1ccc(O)cc1)NC(=O)[C@@H](NC(=O)[C@H](CCSC)NC(=O)[C@H](CCCN=C(N)N)NC(=O)[C@@H](NC(=O)[C@H](CC(C)C)NC(=O)[C@H](CC(C)C)NC(=O)[C@H](CCC(N)=O)NC(=O)[C@@H](N)Cc1ccc(O)cc1)[C@@H](C)CC)[C@@H](C)CC)C(=O)O. The van der Waals surface area contributed by atoms with E-state index in [4.69, 9.17) is 28.7 Å². The highest BCUT2D eigenvalue weighted by atomic mass is 32.2. The molecule has 0 spiro atoms. The van der Waals surface area contributed by atoms with Crippen molar-refractivity contribution in [2.75, 3.05) is 18.6 Å². The first-order chi connectivity index (χ1) is 49.7. The lowest BCUT2D eigenvalue weighted by Crippen LogP contribution is -2.62. The molecule has 2 rings (SSSR count). The van der Waals surface area contributed by atoms with Crippen molar-refractivity contribution in [3.63, 3.8) is 0 Å². The number of aromatic hydroxyl groups is 2. The highest BCUT2D eigenvalue weighted by Crippen LogP contribution is 2.19. The number of rotatable bonds is 49. The number of nitrogens with zero attached hydrogens (tertiary/aromatic N) is 1. The number of benzene rings is 2. The summed E-state index contributed by atoms with van der Waals surface area (Å²) in [5.74, 6) is -15.2. The minimum Gasteiger partial charge on any atom is -0.508 e. The monoisotopic (exact) mass is 1510 g/mol. The van der Waals surface area contributed by atoms with Gasteiger partial charge in [0.1, 0.15) is 78.0 Å². The van der Waals surface area contributed by atoms with Crippen molar-refractivity contribution in [3.8, 4) is 11.5 Å². The average molecular weight is 1510 g/mol. The molecule has 0 heterocycles. The number of carboxylic acids is 1. The molecular weight excluding hydrogens is 1390 g/mol. The summed E-state index contributed by atoms with van der Waals surface area (Å²) < 4.78 is 0. The van der Waals surface area contributed by atoms with Crippen LogP contribution in [0, 0.1) is 29.6 Å². The number of hydrogen-bond acceptors (Lipinski definition) is 19. The number of amides is 13. The predicted octanol–water partition coefficient (Wildman–Crippen LogP) is -1.17. The molecule has 13 amide bonds. The van der Waals surface area contributed by atoms with Crippen molar-refractivity contribution in [1.82, 2.24) is 58.5 Å². The van der Waals surface area contributed by atoms with Gasteiger partial charge in [-0.05, 0) is 129 Å². The van der Waals surface area contributed by atoms with Crippen molar-refractivity contribution < 1.29 is 82.4 Å². The van der Waals surface area contributed by atoms with E-state index >= 15 is 0 Å². The Labute approximate surface area is 623 Å². The van der Waals surface area contributed by atoms with Gasteiger partial charge < -0.3 is 102 Å². The number of carboxylic acid groups (broad SMARTS) is 1. The molecule has 0 unspecified atom stereocenters. The van der Waals surface area contributed by atoms with Gasteiger partial charge in [0.05, 0.1) is 12.5 Å². The van der Waals surface area contributed by atoms with E-state index in [1.165, 1.54) is 55.1 Å². The van der Waals surface area contributed by atoms with Crippen LogP contribution in [0.15, 0.2) is 53.5 Å². The third-order valence-electron chi connectivity index (χ3n) is 17.7. The summed E-state index contributed by atoms with van der Waals surface area (Å²) in [6, 6.07) is -5.23. The normalized spacial score (nSPS) is 15.5. The van der Waals surface area contributed by atoms with Gasteiger partial charge in [0.15, 0.2) is 5.96 Å². The summed E-state index contributed by atoms with van der Waals surface area (Å²) in [5, 5.41) is 58.4. The van der Waals surface area contributed by atoms with Crippen molar-refractivity contribution in [2.45, 2.75) is 232 Å². The molecule has 0 aromatic heterocycles. The highest BCUT2D eigenvalue weighted by Gasteiger charge is 2.39. The van der Waals surface area contributed by atoms with Crippen LogP contribution in [0.4, 0.5) is 0 Å². The Hall–Kier alpha value is -9.80. The molecule has 24 N–H and O–H groups in total. The van der Waals surface area contributed by atoms with Crippen molar-refractivity contribution in [1.29, 1.82) is 0 Å². The zero-order valence-electron chi connectivity index (χ0n) is 62.8. The van der Waals surface area contributed by atoms with Crippen LogP contribution in [0.2, 0.25) is 0 Å². The average Bonchev–Trinajstić information content (AvgIpc) is 0.860. The minimum absolute atomic E-state index is 0.00256. The molecule has 15 atom stereocenters. The minimum atomic E-state index is -1.67. The number of carbonyl (C=O) groups is 14. The summed E-state index contributed by atoms with van der Waals surface area (Å²) in [7, 11) is 0. The van der Waals surface area contributed by atoms with Gasteiger partial charge in [0.25, 0.3) is 0 Å². The Bertz CT molecular complexity index is 3300. The third kappa shape index (κ3) is 33.5. The van der Waals surface area contributed by atoms with Crippen molar-refractivity contribution in [3.05, 3.63) is 59.7 Å². The van der Waals surface area contributed by atoms with E-state index in [1.54, 1.807) is 87.6 Å². The highest BCUT2D eigenvalue weighted by molar-refractivity contribution is 7.98. The Kier molecular flexibility index (Phi) is 40.8. The Morgan fingerprint density at radius 2 is 0.792 bits per heavy atom. The van der Waals surface area contributed by atoms with Gasteiger partial charge in [-0.25, -0.2) is 4.79 Å². The van der Waals surface area contributed by atoms with E-state index in [9.17, 15) is 82.4 Å². The molecule has 34 nitrogen and oxygen atoms in total. The number of hydrogen-bond donors (Lipinski definition) is 19. The number of phenolic OH excluding ortho intramolecular Hbond substituents is 2. The van der Waals surface area contributed by atoms with Gasteiger partial charge in [0.2, 0.25) is 76.8 Å². The van der Waals surface area contributed by atoms with E-state index in [-0.39, 0.29) is 106 Å². The number of nitrogens with one attached hydrogen (secondary N) is 11. The molecule has 592 valence electrons. The van der Waals surface area contributed by atoms with Gasteiger partial charge in [-0.2, -0.15) is 11.8 Å². The predicted molar refractivity (Wildman–Crippen MR) is 399 cm³/mol. The number of aliphatic carboxylic acids is 1. The zero-order valence-corrected chi connectivity index (χ0v) is 63.7. The Morgan fingerprint density at radius 1 is 0.425 bits per heavy atom. The first kappa shape index (κ1) is 92.3. The van der Waals surface area contributed by atoms with Gasteiger partial charge in [-0.15, -0.1) is 0 Å². The number of primary amides is 2. The molecule has 0 aliphatic rings.